The van der Waals surface area contributed by atoms with Gasteiger partial charge in [-0.15, -0.1) is 5.92 Å². The molecule has 0 saturated heterocycles. The molecule has 30 heavy (non-hydrogen) atoms. The van der Waals surface area contributed by atoms with Crippen molar-refractivity contribution in [2.75, 3.05) is 0 Å². The quantitative estimate of drug-likeness (QED) is 0.616. The Hall–Kier alpha value is -3.43. The SMILES string of the molecule is CC#Cc1cncc(-c2cc(=O)[nH]c(-c3cc(CC(C)(C)C(N)=O)ccc3Cl)n2)c1. The normalized spacial score (nSPS) is 10.9. The molecule has 152 valence electrons. The number of pyridine rings is 1. The number of benzene rings is 1. The number of primary amides is 1. The van der Waals surface area contributed by atoms with Crippen molar-refractivity contribution in [3.05, 3.63) is 69.2 Å². The summed E-state index contributed by atoms with van der Waals surface area (Å²) in [5, 5.41) is 0.430. The van der Waals surface area contributed by atoms with Crippen molar-refractivity contribution in [3.8, 4) is 34.5 Å². The molecular weight excluding hydrogens is 400 g/mol. The number of hydrogen-bond acceptors (Lipinski definition) is 4. The van der Waals surface area contributed by atoms with Gasteiger partial charge in [0.25, 0.3) is 5.56 Å². The second-order valence-electron chi connectivity index (χ2n) is 7.56. The van der Waals surface area contributed by atoms with Gasteiger partial charge >= 0.3 is 0 Å². The summed E-state index contributed by atoms with van der Waals surface area (Å²) in [5.74, 6) is 5.70. The summed E-state index contributed by atoms with van der Waals surface area (Å²) in [4.78, 5) is 35.5. The summed E-state index contributed by atoms with van der Waals surface area (Å²) in [6, 6.07) is 8.58. The molecule has 1 aromatic carbocycles. The highest BCUT2D eigenvalue weighted by Gasteiger charge is 2.25. The largest absolute Gasteiger partial charge is 0.369 e. The smallest absolute Gasteiger partial charge is 0.251 e. The molecule has 0 aliphatic rings. The Kier molecular flexibility index (Phi) is 6.04. The molecule has 0 spiro atoms. The van der Waals surface area contributed by atoms with Crippen molar-refractivity contribution in [1.29, 1.82) is 0 Å². The van der Waals surface area contributed by atoms with E-state index in [-0.39, 0.29) is 5.56 Å². The van der Waals surface area contributed by atoms with Gasteiger partial charge in [-0.1, -0.05) is 37.4 Å². The molecule has 2 heterocycles. The number of carbonyl (C=O) groups excluding carboxylic acids is 1. The standard InChI is InChI=1S/C23H21ClN4O2/c1-4-5-15-8-16(13-26-12-15)19-10-20(29)28-21(27-19)17-9-14(6-7-18(17)24)11-23(2,3)22(25)30/h6-10,12-13H,11H2,1-3H3,(H2,25,30)(H,27,28,29). The van der Waals surface area contributed by atoms with E-state index in [1.165, 1.54) is 6.07 Å². The van der Waals surface area contributed by atoms with Crippen LogP contribution in [0.1, 0.15) is 31.9 Å². The van der Waals surface area contributed by atoms with E-state index in [1.54, 1.807) is 39.2 Å². The lowest BCUT2D eigenvalue weighted by Crippen LogP contribution is -2.33. The fourth-order valence-electron chi connectivity index (χ4n) is 2.99. The summed E-state index contributed by atoms with van der Waals surface area (Å²) in [6.07, 6.45) is 3.70. The minimum absolute atomic E-state index is 0.319. The number of hydrogen-bond donors (Lipinski definition) is 2. The van der Waals surface area contributed by atoms with Crippen LogP contribution in [0.4, 0.5) is 0 Å². The van der Waals surface area contributed by atoms with E-state index in [0.29, 0.717) is 34.1 Å². The second-order valence-corrected chi connectivity index (χ2v) is 7.96. The predicted molar refractivity (Wildman–Crippen MR) is 118 cm³/mol. The van der Waals surface area contributed by atoms with Crippen LogP contribution in [0.15, 0.2) is 47.5 Å². The van der Waals surface area contributed by atoms with Gasteiger partial charge in [0.05, 0.1) is 10.7 Å². The molecule has 0 bridgehead atoms. The van der Waals surface area contributed by atoms with Gasteiger partial charge in [-0.2, -0.15) is 0 Å². The third kappa shape index (κ3) is 4.76. The van der Waals surface area contributed by atoms with Crippen molar-refractivity contribution in [1.82, 2.24) is 15.0 Å². The number of H-pyrrole nitrogens is 1. The topological polar surface area (TPSA) is 102 Å². The van der Waals surface area contributed by atoms with Gasteiger partial charge in [0.15, 0.2) is 0 Å². The number of halogens is 1. The average Bonchev–Trinajstić information content (AvgIpc) is 2.69. The van der Waals surface area contributed by atoms with Crippen LogP contribution in [0.2, 0.25) is 5.02 Å². The van der Waals surface area contributed by atoms with E-state index in [1.807, 2.05) is 18.2 Å². The number of carbonyl (C=O) groups is 1. The van der Waals surface area contributed by atoms with Crippen LogP contribution in [0.3, 0.4) is 0 Å². The zero-order valence-electron chi connectivity index (χ0n) is 16.9. The molecule has 0 aliphatic heterocycles. The number of nitrogens with zero attached hydrogens (tertiary/aromatic N) is 2. The highest BCUT2D eigenvalue weighted by atomic mass is 35.5. The highest BCUT2D eigenvalue weighted by molar-refractivity contribution is 6.33. The van der Waals surface area contributed by atoms with Gasteiger partial charge in [-0.3, -0.25) is 14.6 Å². The first kappa shape index (κ1) is 21.3. The monoisotopic (exact) mass is 420 g/mol. The lowest BCUT2D eigenvalue weighted by Gasteiger charge is -2.20. The maximum absolute atomic E-state index is 12.3. The zero-order chi connectivity index (χ0) is 21.9. The Morgan fingerprint density at radius 3 is 2.70 bits per heavy atom. The first-order valence-electron chi connectivity index (χ1n) is 9.28. The highest BCUT2D eigenvalue weighted by Crippen LogP contribution is 2.30. The molecule has 0 aliphatic carbocycles. The Bertz CT molecular complexity index is 1240. The molecule has 6 nitrogen and oxygen atoms in total. The van der Waals surface area contributed by atoms with Crippen molar-refractivity contribution < 1.29 is 4.79 Å². The Morgan fingerprint density at radius 2 is 2.00 bits per heavy atom. The predicted octanol–water partition coefficient (Wildman–Crippen LogP) is 3.58. The van der Waals surface area contributed by atoms with Crippen LogP contribution in [-0.2, 0) is 11.2 Å². The fourth-order valence-corrected chi connectivity index (χ4v) is 3.19. The van der Waals surface area contributed by atoms with Crippen molar-refractivity contribution >= 4 is 17.5 Å². The minimum atomic E-state index is -0.722. The number of nitrogens with two attached hydrogens (primary N) is 1. The van der Waals surface area contributed by atoms with Gasteiger partial charge in [-0.25, -0.2) is 4.98 Å². The second kappa shape index (κ2) is 8.52. The molecule has 2 aromatic heterocycles. The third-order valence-electron chi connectivity index (χ3n) is 4.64. The molecule has 7 heteroatoms. The Balaban J connectivity index is 2.07. The average molecular weight is 421 g/mol. The molecule has 0 unspecified atom stereocenters. The van der Waals surface area contributed by atoms with Gasteiger partial charge < -0.3 is 10.7 Å². The fraction of sp³-hybridized carbons (Fsp3) is 0.217. The van der Waals surface area contributed by atoms with E-state index < -0.39 is 11.3 Å². The van der Waals surface area contributed by atoms with Crippen LogP contribution in [-0.4, -0.2) is 20.9 Å². The molecule has 0 fully saturated rings. The van der Waals surface area contributed by atoms with Crippen molar-refractivity contribution in [2.24, 2.45) is 11.1 Å². The molecule has 3 rings (SSSR count). The molecule has 3 N–H and O–H groups in total. The number of rotatable bonds is 5. The Morgan fingerprint density at radius 1 is 1.23 bits per heavy atom. The van der Waals surface area contributed by atoms with Gasteiger partial charge in [-0.05, 0) is 37.1 Å². The van der Waals surface area contributed by atoms with E-state index in [2.05, 4.69) is 26.8 Å². The number of aromatic nitrogens is 3. The summed E-state index contributed by atoms with van der Waals surface area (Å²) in [7, 11) is 0. The van der Waals surface area contributed by atoms with E-state index in [0.717, 1.165) is 11.1 Å². The molecule has 0 saturated carbocycles. The number of amides is 1. The van der Waals surface area contributed by atoms with Crippen molar-refractivity contribution in [2.45, 2.75) is 27.2 Å². The number of nitrogens with one attached hydrogen (secondary N) is 1. The first-order chi connectivity index (χ1) is 14.2. The summed E-state index contributed by atoms with van der Waals surface area (Å²) >= 11 is 6.40. The van der Waals surface area contributed by atoms with E-state index >= 15 is 0 Å². The zero-order valence-corrected chi connectivity index (χ0v) is 17.7. The maximum Gasteiger partial charge on any atom is 0.251 e. The van der Waals surface area contributed by atoms with Crippen LogP contribution in [0.25, 0.3) is 22.6 Å². The van der Waals surface area contributed by atoms with Crippen LogP contribution in [0.5, 0.6) is 0 Å². The summed E-state index contributed by atoms with van der Waals surface area (Å²) in [5.41, 5.74) is 7.73. The molecule has 3 aromatic rings. The lowest BCUT2D eigenvalue weighted by atomic mass is 9.85. The Labute approximate surface area is 179 Å². The van der Waals surface area contributed by atoms with E-state index in [9.17, 15) is 9.59 Å². The van der Waals surface area contributed by atoms with Gasteiger partial charge in [0, 0.05) is 40.6 Å². The third-order valence-corrected chi connectivity index (χ3v) is 4.97. The maximum atomic E-state index is 12.3. The first-order valence-corrected chi connectivity index (χ1v) is 9.65. The van der Waals surface area contributed by atoms with Gasteiger partial charge in [0.1, 0.15) is 5.82 Å². The number of aromatic amines is 1. The summed E-state index contributed by atoms with van der Waals surface area (Å²) in [6.45, 7) is 5.30. The van der Waals surface area contributed by atoms with Crippen LogP contribution < -0.4 is 11.3 Å². The molecular formula is C23H21ClN4O2. The molecule has 0 radical (unpaired) electrons. The van der Waals surface area contributed by atoms with E-state index in [4.69, 9.17) is 17.3 Å². The molecule has 0 atom stereocenters. The van der Waals surface area contributed by atoms with Crippen LogP contribution in [0, 0.1) is 17.3 Å². The minimum Gasteiger partial charge on any atom is -0.369 e. The van der Waals surface area contributed by atoms with Crippen molar-refractivity contribution in [3.63, 3.8) is 0 Å². The molecule has 1 amide bonds. The van der Waals surface area contributed by atoms with Gasteiger partial charge in [0.2, 0.25) is 5.91 Å². The lowest BCUT2D eigenvalue weighted by molar-refractivity contribution is -0.125. The summed E-state index contributed by atoms with van der Waals surface area (Å²) < 4.78 is 0. The van der Waals surface area contributed by atoms with Crippen LogP contribution >= 0.6 is 11.6 Å².